The van der Waals surface area contributed by atoms with Gasteiger partial charge in [0.25, 0.3) is 0 Å². The summed E-state index contributed by atoms with van der Waals surface area (Å²) in [6.07, 6.45) is 0. The van der Waals surface area contributed by atoms with E-state index in [0.29, 0.717) is 28.2 Å². The van der Waals surface area contributed by atoms with Gasteiger partial charge in [0.05, 0.1) is 16.7 Å². The second-order valence-corrected chi connectivity index (χ2v) is 5.33. The van der Waals surface area contributed by atoms with Crippen LogP contribution in [0.25, 0.3) is 0 Å². The largest absolute Gasteiger partial charge is 0.490 e. The number of hydrogen-bond acceptors (Lipinski definition) is 2. The summed E-state index contributed by atoms with van der Waals surface area (Å²) < 4.78 is 5.76. The molecule has 0 bridgehead atoms. The lowest BCUT2D eigenvalue weighted by atomic mass is 10.0. The quantitative estimate of drug-likeness (QED) is 0.757. The van der Waals surface area contributed by atoms with Gasteiger partial charge < -0.3 is 4.74 Å². The van der Waals surface area contributed by atoms with Crippen LogP contribution >= 0.6 is 35.8 Å². The molecule has 0 saturated carbocycles. The molecule has 2 aromatic carbocycles. The van der Waals surface area contributed by atoms with Gasteiger partial charge in [0.2, 0.25) is 0 Å². The maximum atomic E-state index is 6.07. The first-order valence-electron chi connectivity index (χ1n) is 5.95. The monoisotopic (exact) mass is 312 g/mol. The smallest absolute Gasteiger partial charge is 0.156 e. The maximum Gasteiger partial charge on any atom is 0.156 e. The van der Waals surface area contributed by atoms with Gasteiger partial charge in [0, 0.05) is 11.7 Å². The van der Waals surface area contributed by atoms with Gasteiger partial charge in [-0.2, -0.15) is 12.6 Å². The van der Waals surface area contributed by atoms with Crippen LogP contribution in [0.4, 0.5) is 0 Å². The zero-order valence-electron chi connectivity index (χ0n) is 10.2. The number of ether oxygens (including phenoxy) is 1. The Morgan fingerprint density at radius 1 is 0.947 bits per heavy atom. The highest BCUT2D eigenvalue weighted by Gasteiger charge is 2.13. The Morgan fingerprint density at radius 3 is 2.16 bits per heavy atom. The molecule has 1 atom stereocenters. The normalized spacial score (nSPS) is 12.2. The van der Waals surface area contributed by atoms with Crippen LogP contribution in [0.5, 0.6) is 5.75 Å². The maximum absolute atomic E-state index is 6.07. The molecule has 0 N–H and O–H groups in total. The summed E-state index contributed by atoms with van der Waals surface area (Å²) in [5, 5.41) is 1.05. The van der Waals surface area contributed by atoms with E-state index in [4.69, 9.17) is 27.9 Å². The minimum atomic E-state index is 0.205. The van der Waals surface area contributed by atoms with Gasteiger partial charge in [-0.1, -0.05) is 59.6 Å². The van der Waals surface area contributed by atoms with E-state index in [1.807, 2.05) is 18.2 Å². The number of hydrogen-bond donors (Lipinski definition) is 1. The molecule has 1 unspecified atom stereocenters. The Kier molecular flexibility index (Phi) is 5.44. The molecule has 0 aliphatic heterocycles. The van der Waals surface area contributed by atoms with Gasteiger partial charge in [0.1, 0.15) is 0 Å². The van der Waals surface area contributed by atoms with Crippen LogP contribution in [0.3, 0.4) is 0 Å². The molecule has 100 valence electrons. The SMILES string of the molecule is SCC(COc1c(Cl)cccc1Cl)c1ccccc1. The highest BCUT2D eigenvalue weighted by atomic mass is 35.5. The van der Waals surface area contributed by atoms with Crippen LogP contribution in [-0.2, 0) is 0 Å². The molecule has 1 nitrogen and oxygen atoms in total. The Balaban J connectivity index is 2.09. The summed E-state index contributed by atoms with van der Waals surface area (Å²) in [6.45, 7) is 0.497. The zero-order valence-corrected chi connectivity index (χ0v) is 12.6. The summed E-state index contributed by atoms with van der Waals surface area (Å²) in [7, 11) is 0. The molecule has 0 amide bonds. The lowest BCUT2D eigenvalue weighted by molar-refractivity contribution is 0.298. The summed E-state index contributed by atoms with van der Waals surface area (Å²) >= 11 is 16.5. The van der Waals surface area contributed by atoms with Crippen molar-refractivity contribution in [3.8, 4) is 5.75 Å². The number of halogens is 2. The van der Waals surface area contributed by atoms with E-state index in [1.165, 1.54) is 5.56 Å². The first-order chi connectivity index (χ1) is 9.22. The number of rotatable bonds is 5. The van der Waals surface area contributed by atoms with Crippen LogP contribution in [-0.4, -0.2) is 12.4 Å². The first-order valence-corrected chi connectivity index (χ1v) is 7.34. The van der Waals surface area contributed by atoms with Crippen molar-refractivity contribution in [3.05, 3.63) is 64.1 Å². The fourth-order valence-corrected chi connectivity index (χ4v) is 2.61. The number of thiol groups is 1. The third-order valence-electron chi connectivity index (χ3n) is 2.84. The lowest BCUT2D eigenvalue weighted by Gasteiger charge is -2.17. The fourth-order valence-electron chi connectivity index (χ4n) is 1.78. The van der Waals surface area contributed by atoms with E-state index in [1.54, 1.807) is 18.2 Å². The highest BCUT2D eigenvalue weighted by molar-refractivity contribution is 7.80. The number of para-hydroxylation sites is 1. The van der Waals surface area contributed by atoms with Crippen LogP contribution in [0.15, 0.2) is 48.5 Å². The standard InChI is InChI=1S/C15H14Cl2OS/c16-13-7-4-8-14(17)15(13)18-9-12(10-19)11-5-2-1-3-6-11/h1-8,12,19H,9-10H2. The molecule has 0 radical (unpaired) electrons. The third-order valence-corrected chi connectivity index (χ3v) is 3.88. The van der Waals surface area contributed by atoms with Crippen LogP contribution in [0.2, 0.25) is 10.0 Å². The molecule has 0 heterocycles. The molecule has 4 heteroatoms. The van der Waals surface area contributed by atoms with Gasteiger partial charge in [-0.05, 0) is 17.7 Å². The minimum absolute atomic E-state index is 0.205. The van der Waals surface area contributed by atoms with Crippen molar-refractivity contribution < 1.29 is 4.74 Å². The molecule has 0 aliphatic rings. The molecular formula is C15H14Cl2OS. The second kappa shape index (κ2) is 7.09. The molecule has 2 rings (SSSR count). The van der Waals surface area contributed by atoms with Crippen molar-refractivity contribution >= 4 is 35.8 Å². The summed E-state index contributed by atoms with van der Waals surface area (Å²) in [4.78, 5) is 0. The summed E-state index contributed by atoms with van der Waals surface area (Å²) in [6, 6.07) is 15.5. The van der Waals surface area contributed by atoms with Gasteiger partial charge in [-0.25, -0.2) is 0 Å². The van der Waals surface area contributed by atoms with Crippen LogP contribution < -0.4 is 4.74 Å². The van der Waals surface area contributed by atoms with E-state index in [0.717, 1.165) is 0 Å². The molecular weight excluding hydrogens is 299 g/mol. The third kappa shape index (κ3) is 3.82. The first kappa shape index (κ1) is 14.6. The van der Waals surface area contributed by atoms with Crippen molar-refractivity contribution in [1.82, 2.24) is 0 Å². The van der Waals surface area contributed by atoms with Gasteiger partial charge in [-0.15, -0.1) is 0 Å². The van der Waals surface area contributed by atoms with Gasteiger partial charge in [-0.3, -0.25) is 0 Å². The molecule has 0 aliphatic carbocycles. The molecule has 0 fully saturated rings. The Labute approximate surface area is 128 Å². The highest BCUT2D eigenvalue weighted by Crippen LogP contribution is 2.33. The molecule has 19 heavy (non-hydrogen) atoms. The van der Waals surface area contributed by atoms with Crippen LogP contribution in [0, 0.1) is 0 Å². The van der Waals surface area contributed by atoms with Gasteiger partial charge in [0.15, 0.2) is 5.75 Å². The Hall–Kier alpha value is -0.830. The molecule has 2 aromatic rings. The average molecular weight is 313 g/mol. The lowest BCUT2D eigenvalue weighted by Crippen LogP contribution is -2.12. The molecule has 0 spiro atoms. The molecule has 0 aromatic heterocycles. The van der Waals surface area contributed by atoms with Crippen molar-refractivity contribution in [2.75, 3.05) is 12.4 Å². The average Bonchev–Trinajstić information content (AvgIpc) is 2.43. The van der Waals surface area contributed by atoms with E-state index < -0.39 is 0 Å². The van der Waals surface area contributed by atoms with Crippen molar-refractivity contribution in [3.63, 3.8) is 0 Å². The predicted molar refractivity (Wildman–Crippen MR) is 85.0 cm³/mol. The van der Waals surface area contributed by atoms with Crippen molar-refractivity contribution in [1.29, 1.82) is 0 Å². The number of benzene rings is 2. The van der Waals surface area contributed by atoms with E-state index in [-0.39, 0.29) is 5.92 Å². The zero-order chi connectivity index (χ0) is 13.7. The van der Waals surface area contributed by atoms with Crippen molar-refractivity contribution in [2.24, 2.45) is 0 Å². The van der Waals surface area contributed by atoms with Crippen molar-refractivity contribution in [2.45, 2.75) is 5.92 Å². The topological polar surface area (TPSA) is 9.23 Å². The minimum Gasteiger partial charge on any atom is -0.490 e. The van der Waals surface area contributed by atoms with E-state index in [2.05, 4.69) is 24.8 Å². The fraction of sp³-hybridized carbons (Fsp3) is 0.200. The van der Waals surface area contributed by atoms with Gasteiger partial charge >= 0.3 is 0 Å². The molecule has 0 saturated heterocycles. The Morgan fingerprint density at radius 2 is 1.58 bits per heavy atom. The summed E-state index contributed by atoms with van der Waals surface area (Å²) in [5.74, 6) is 1.44. The van der Waals surface area contributed by atoms with E-state index in [9.17, 15) is 0 Å². The van der Waals surface area contributed by atoms with Crippen LogP contribution in [0.1, 0.15) is 11.5 Å². The Bertz CT molecular complexity index is 511. The predicted octanol–water partition coefficient (Wildman–Crippen LogP) is 5.09. The second-order valence-electron chi connectivity index (χ2n) is 4.15. The summed E-state index contributed by atoms with van der Waals surface area (Å²) in [5.41, 5.74) is 1.20. The van der Waals surface area contributed by atoms with E-state index >= 15 is 0 Å².